The number of hydrogen-bond donors (Lipinski definition) is 1. The molecule has 0 aliphatic rings. The van der Waals surface area contributed by atoms with Crippen LogP contribution in [0.5, 0.6) is 5.75 Å². The largest absolute Gasteiger partial charge is 0.508 e. The number of thiazole rings is 1. The highest BCUT2D eigenvalue weighted by Crippen LogP contribution is 2.34. The molecule has 1 N–H and O–H groups in total. The highest BCUT2D eigenvalue weighted by Gasteiger charge is 2.11. The van der Waals surface area contributed by atoms with Crippen LogP contribution in [-0.2, 0) is 0 Å². The molecule has 2 nitrogen and oxygen atoms in total. The summed E-state index contributed by atoms with van der Waals surface area (Å²) in [4.78, 5) is 5.85. The molecule has 4 heteroatoms. The number of aryl methyl sites for hydroxylation is 1. The van der Waals surface area contributed by atoms with Crippen LogP contribution in [0.2, 0.25) is 5.02 Å². The van der Waals surface area contributed by atoms with Crippen molar-refractivity contribution >= 4 is 22.9 Å². The maximum Gasteiger partial charge on any atom is 0.124 e. The molecule has 0 unspecified atom stereocenters. The van der Waals surface area contributed by atoms with Gasteiger partial charge in [-0.3, -0.25) is 0 Å². The Kier molecular flexibility index (Phi) is 3.47. The van der Waals surface area contributed by atoms with Crippen molar-refractivity contribution in [3.63, 3.8) is 0 Å². The van der Waals surface area contributed by atoms with E-state index >= 15 is 0 Å². The van der Waals surface area contributed by atoms with Crippen LogP contribution in [0.3, 0.4) is 0 Å². The molecule has 100 valence electrons. The number of halogens is 1. The molecule has 0 atom stereocenters. The van der Waals surface area contributed by atoms with Gasteiger partial charge in [-0.25, -0.2) is 4.98 Å². The first-order valence-corrected chi connectivity index (χ1v) is 7.36. The molecular weight excluding hydrogens is 290 g/mol. The lowest BCUT2D eigenvalue weighted by atomic mass is 10.1. The SMILES string of the molecule is Cc1sc(-c2ccc(O)cc2)nc1-c1cccc(Cl)c1. The van der Waals surface area contributed by atoms with Gasteiger partial charge in [0.1, 0.15) is 10.8 Å². The summed E-state index contributed by atoms with van der Waals surface area (Å²) in [7, 11) is 0. The fourth-order valence-corrected chi connectivity index (χ4v) is 3.16. The maximum absolute atomic E-state index is 9.34. The van der Waals surface area contributed by atoms with Crippen LogP contribution in [0.25, 0.3) is 21.8 Å². The van der Waals surface area contributed by atoms with Gasteiger partial charge >= 0.3 is 0 Å². The van der Waals surface area contributed by atoms with Gasteiger partial charge in [0.25, 0.3) is 0 Å². The third kappa shape index (κ3) is 2.55. The molecule has 2 aromatic carbocycles. The summed E-state index contributed by atoms with van der Waals surface area (Å²) in [6, 6.07) is 14.8. The zero-order valence-corrected chi connectivity index (χ0v) is 12.4. The quantitative estimate of drug-likeness (QED) is 0.710. The number of aromatic nitrogens is 1. The average molecular weight is 302 g/mol. The number of phenolic OH excluding ortho intramolecular Hbond substituents is 1. The molecule has 1 aromatic heterocycles. The van der Waals surface area contributed by atoms with Gasteiger partial charge in [0, 0.05) is 21.0 Å². The van der Waals surface area contributed by atoms with E-state index in [1.165, 1.54) is 0 Å². The van der Waals surface area contributed by atoms with Crippen molar-refractivity contribution in [3.05, 3.63) is 58.4 Å². The fraction of sp³-hybridized carbons (Fsp3) is 0.0625. The number of phenols is 1. The second-order valence-electron chi connectivity index (χ2n) is 4.48. The maximum atomic E-state index is 9.34. The number of benzene rings is 2. The van der Waals surface area contributed by atoms with E-state index in [9.17, 15) is 5.11 Å². The van der Waals surface area contributed by atoms with E-state index in [0.29, 0.717) is 5.02 Å². The average Bonchev–Trinajstić information content (AvgIpc) is 2.82. The van der Waals surface area contributed by atoms with E-state index in [-0.39, 0.29) is 5.75 Å². The molecule has 1 heterocycles. The second kappa shape index (κ2) is 5.27. The zero-order chi connectivity index (χ0) is 14.1. The van der Waals surface area contributed by atoms with Crippen molar-refractivity contribution in [2.24, 2.45) is 0 Å². The summed E-state index contributed by atoms with van der Waals surface area (Å²) in [6.07, 6.45) is 0. The highest BCUT2D eigenvalue weighted by atomic mass is 35.5. The number of nitrogens with zero attached hydrogens (tertiary/aromatic N) is 1. The van der Waals surface area contributed by atoms with Crippen LogP contribution in [0, 0.1) is 6.92 Å². The first-order valence-electron chi connectivity index (χ1n) is 6.16. The molecule has 0 spiro atoms. The van der Waals surface area contributed by atoms with E-state index in [4.69, 9.17) is 16.6 Å². The lowest BCUT2D eigenvalue weighted by Gasteiger charge is -1.99. The number of aromatic hydroxyl groups is 1. The van der Waals surface area contributed by atoms with E-state index < -0.39 is 0 Å². The molecule has 0 bridgehead atoms. The van der Waals surface area contributed by atoms with Gasteiger partial charge in [-0.2, -0.15) is 0 Å². The molecule has 0 fully saturated rings. The molecule has 0 radical (unpaired) electrons. The molecular formula is C16H12ClNOS. The van der Waals surface area contributed by atoms with Crippen molar-refractivity contribution in [2.75, 3.05) is 0 Å². The Hall–Kier alpha value is -1.84. The highest BCUT2D eigenvalue weighted by molar-refractivity contribution is 7.15. The predicted molar refractivity (Wildman–Crippen MR) is 84.4 cm³/mol. The molecule has 20 heavy (non-hydrogen) atoms. The zero-order valence-electron chi connectivity index (χ0n) is 10.8. The summed E-state index contributed by atoms with van der Waals surface area (Å²) in [5, 5.41) is 11.0. The predicted octanol–water partition coefficient (Wildman–Crippen LogP) is 5.14. The van der Waals surface area contributed by atoms with E-state index in [0.717, 1.165) is 26.7 Å². The molecule has 0 saturated carbocycles. The van der Waals surface area contributed by atoms with Crippen molar-refractivity contribution in [2.45, 2.75) is 6.92 Å². The van der Waals surface area contributed by atoms with Crippen LogP contribution >= 0.6 is 22.9 Å². The van der Waals surface area contributed by atoms with Gasteiger partial charge < -0.3 is 5.11 Å². The first kappa shape index (κ1) is 13.2. The summed E-state index contributed by atoms with van der Waals surface area (Å²) in [6.45, 7) is 2.05. The van der Waals surface area contributed by atoms with Gasteiger partial charge in [-0.05, 0) is 43.3 Å². The first-order chi connectivity index (χ1) is 9.63. The number of hydrogen-bond acceptors (Lipinski definition) is 3. The van der Waals surface area contributed by atoms with E-state index in [2.05, 4.69) is 6.92 Å². The number of rotatable bonds is 2. The standard InChI is InChI=1S/C16H12ClNOS/c1-10-15(12-3-2-4-13(17)9-12)18-16(20-10)11-5-7-14(19)8-6-11/h2-9,19H,1H3. The Labute approximate surface area is 126 Å². The third-order valence-electron chi connectivity index (χ3n) is 3.01. The van der Waals surface area contributed by atoms with Gasteiger partial charge in [0.15, 0.2) is 0 Å². The van der Waals surface area contributed by atoms with Crippen molar-refractivity contribution < 1.29 is 5.11 Å². The Balaban J connectivity index is 2.05. The van der Waals surface area contributed by atoms with Crippen LogP contribution in [0.15, 0.2) is 48.5 Å². The summed E-state index contributed by atoms with van der Waals surface area (Å²) in [5.41, 5.74) is 2.99. The van der Waals surface area contributed by atoms with Gasteiger partial charge in [-0.1, -0.05) is 23.7 Å². The van der Waals surface area contributed by atoms with Crippen LogP contribution < -0.4 is 0 Å². The summed E-state index contributed by atoms with van der Waals surface area (Å²) < 4.78 is 0. The minimum Gasteiger partial charge on any atom is -0.508 e. The molecule has 0 saturated heterocycles. The Morgan fingerprint density at radius 1 is 1.05 bits per heavy atom. The van der Waals surface area contributed by atoms with Crippen molar-refractivity contribution in [1.82, 2.24) is 4.98 Å². The van der Waals surface area contributed by atoms with Crippen molar-refractivity contribution in [1.29, 1.82) is 0 Å². The van der Waals surface area contributed by atoms with Crippen LogP contribution in [-0.4, -0.2) is 10.1 Å². The Morgan fingerprint density at radius 3 is 2.50 bits per heavy atom. The Bertz CT molecular complexity index is 749. The van der Waals surface area contributed by atoms with Gasteiger partial charge in [0.2, 0.25) is 0 Å². The summed E-state index contributed by atoms with van der Waals surface area (Å²) >= 11 is 7.67. The minimum absolute atomic E-state index is 0.261. The van der Waals surface area contributed by atoms with Gasteiger partial charge in [-0.15, -0.1) is 11.3 Å². The molecule has 3 aromatic rings. The third-order valence-corrected chi connectivity index (χ3v) is 4.26. The molecule has 0 aliphatic heterocycles. The molecule has 3 rings (SSSR count). The second-order valence-corrected chi connectivity index (χ2v) is 6.12. The van der Waals surface area contributed by atoms with Crippen LogP contribution in [0.1, 0.15) is 4.88 Å². The molecule has 0 aliphatic carbocycles. The molecule has 0 amide bonds. The van der Waals surface area contributed by atoms with Gasteiger partial charge in [0.05, 0.1) is 5.69 Å². The van der Waals surface area contributed by atoms with Crippen LogP contribution in [0.4, 0.5) is 0 Å². The summed E-state index contributed by atoms with van der Waals surface area (Å²) in [5.74, 6) is 0.261. The lowest BCUT2D eigenvalue weighted by molar-refractivity contribution is 0.475. The normalized spacial score (nSPS) is 10.7. The van der Waals surface area contributed by atoms with E-state index in [1.54, 1.807) is 23.5 Å². The Morgan fingerprint density at radius 2 is 1.80 bits per heavy atom. The lowest BCUT2D eigenvalue weighted by Crippen LogP contribution is -1.81. The minimum atomic E-state index is 0.261. The monoisotopic (exact) mass is 301 g/mol. The topological polar surface area (TPSA) is 33.1 Å². The van der Waals surface area contributed by atoms with E-state index in [1.807, 2.05) is 36.4 Å². The fourth-order valence-electron chi connectivity index (χ4n) is 2.03. The smallest absolute Gasteiger partial charge is 0.124 e. The van der Waals surface area contributed by atoms with Crippen molar-refractivity contribution in [3.8, 4) is 27.6 Å².